The summed E-state index contributed by atoms with van der Waals surface area (Å²) in [7, 11) is -3.63. The average Bonchev–Trinajstić information content (AvgIpc) is 3.27. The summed E-state index contributed by atoms with van der Waals surface area (Å²) < 4.78 is 32.1. The third kappa shape index (κ3) is 4.80. The molecular formula is C18H20N2O4S. The fraction of sp³-hybridized carbons (Fsp3) is 0.278. The minimum atomic E-state index is -3.63. The van der Waals surface area contributed by atoms with Gasteiger partial charge in [0, 0.05) is 12.1 Å². The number of furan rings is 1. The molecule has 1 aliphatic rings. The van der Waals surface area contributed by atoms with Gasteiger partial charge in [-0.05, 0) is 55.2 Å². The quantitative estimate of drug-likeness (QED) is 0.743. The molecule has 2 N–H and O–H groups in total. The number of benzene rings is 1. The lowest BCUT2D eigenvalue weighted by atomic mass is 10.1. The van der Waals surface area contributed by atoms with Crippen molar-refractivity contribution in [1.29, 1.82) is 0 Å². The van der Waals surface area contributed by atoms with Crippen molar-refractivity contribution >= 4 is 21.6 Å². The molecule has 132 valence electrons. The molecule has 0 spiro atoms. The number of anilines is 1. The monoisotopic (exact) mass is 360 g/mol. The molecule has 1 aliphatic carbocycles. The van der Waals surface area contributed by atoms with Gasteiger partial charge < -0.3 is 9.73 Å². The molecule has 3 rings (SSSR count). The van der Waals surface area contributed by atoms with Gasteiger partial charge in [-0.15, -0.1) is 0 Å². The zero-order valence-corrected chi connectivity index (χ0v) is 14.5. The van der Waals surface area contributed by atoms with Crippen LogP contribution in [0.2, 0.25) is 0 Å². The number of carbonyl (C=O) groups excluding carboxylic acids is 1. The number of allylic oxidation sites excluding steroid dienone is 2. The van der Waals surface area contributed by atoms with E-state index >= 15 is 0 Å². The van der Waals surface area contributed by atoms with Crippen molar-refractivity contribution in [2.45, 2.75) is 30.7 Å². The van der Waals surface area contributed by atoms with Crippen LogP contribution in [0.3, 0.4) is 0 Å². The van der Waals surface area contributed by atoms with Crippen molar-refractivity contribution < 1.29 is 17.6 Å². The van der Waals surface area contributed by atoms with Crippen LogP contribution in [0.15, 0.2) is 64.1 Å². The molecule has 0 saturated heterocycles. The number of hydrogen-bond donors (Lipinski definition) is 2. The van der Waals surface area contributed by atoms with E-state index in [-0.39, 0.29) is 17.3 Å². The van der Waals surface area contributed by atoms with Gasteiger partial charge in [0.2, 0.25) is 15.9 Å². The molecule has 0 unspecified atom stereocenters. The first kappa shape index (κ1) is 17.4. The van der Waals surface area contributed by atoms with Crippen LogP contribution in [0, 0.1) is 5.92 Å². The zero-order valence-electron chi connectivity index (χ0n) is 13.6. The fourth-order valence-corrected chi connectivity index (χ4v) is 3.69. The van der Waals surface area contributed by atoms with E-state index < -0.39 is 10.0 Å². The molecule has 0 bridgehead atoms. The van der Waals surface area contributed by atoms with Crippen molar-refractivity contribution in [2.75, 3.05) is 5.32 Å². The number of rotatable bonds is 7. The molecule has 1 atom stereocenters. The summed E-state index contributed by atoms with van der Waals surface area (Å²) in [6, 6.07) is 9.50. The van der Waals surface area contributed by atoms with Crippen LogP contribution >= 0.6 is 0 Å². The summed E-state index contributed by atoms with van der Waals surface area (Å²) >= 11 is 0. The van der Waals surface area contributed by atoms with Gasteiger partial charge in [-0.2, -0.15) is 0 Å². The van der Waals surface area contributed by atoms with Crippen molar-refractivity contribution in [3.05, 3.63) is 60.6 Å². The highest BCUT2D eigenvalue weighted by atomic mass is 32.2. The number of carbonyl (C=O) groups is 1. The van der Waals surface area contributed by atoms with Crippen molar-refractivity contribution in [2.24, 2.45) is 5.92 Å². The minimum Gasteiger partial charge on any atom is -0.468 e. The lowest BCUT2D eigenvalue weighted by Crippen LogP contribution is -2.23. The summed E-state index contributed by atoms with van der Waals surface area (Å²) in [6.07, 6.45) is 8.12. The Balaban J connectivity index is 1.57. The van der Waals surface area contributed by atoms with Gasteiger partial charge in [-0.1, -0.05) is 12.2 Å². The molecule has 1 aromatic heterocycles. The van der Waals surface area contributed by atoms with Gasteiger partial charge in [0.25, 0.3) is 0 Å². The van der Waals surface area contributed by atoms with Crippen LogP contribution in [-0.2, 0) is 21.4 Å². The second-order valence-electron chi connectivity index (χ2n) is 5.95. The first-order valence-electron chi connectivity index (χ1n) is 8.11. The Hall–Kier alpha value is -2.38. The van der Waals surface area contributed by atoms with Crippen LogP contribution in [0.25, 0.3) is 0 Å². The highest BCUT2D eigenvalue weighted by Crippen LogP contribution is 2.21. The van der Waals surface area contributed by atoms with Crippen LogP contribution in [0.4, 0.5) is 5.69 Å². The molecule has 0 saturated carbocycles. The molecule has 7 heteroatoms. The molecule has 1 heterocycles. The Morgan fingerprint density at radius 3 is 2.64 bits per heavy atom. The molecule has 25 heavy (non-hydrogen) atoms. The molecule has 0 fully saturated rings. The Bertz CT molecular complexity index is 840. The van der Waals surface area contributed by atoms with Crippen molar-refractivity contribution in [3.63, 3.8) is 0 Å². The van der Waals surface area contributed by atoms with Gasteiger partial charge in [0.05, 0.1) is 17.7 Å². The predicted octanol–water partition coefficient (Wildman–Crippen LogP) is 3.05. The number of amides is 1. The van der Waals surface area contributed by atoms with Gasteiger partial charge in [0.1, 0.15) is 5.76 Å². The van der Waals surface area contributed by atoms with E-state index in [9.17, 15) is 13.2 Å². The highest BCUT2D eigenvalue weighted by molar-refractivity contribution is 7.89. The van der Waals surface area contributed by atoms with E-state index in [1.165, 1.54) is 18.4 Å². The molecule has 6 nitrogen and oxygen atoms in total. The van der Waals surface area contributed by atoms with Gasteiger partial charge >= 0.3 is 0 Å². The number of sulfonamides is 1. The largest absolute Gasteiger partial charge is 0.468 e. The summed E-state index contributed by atoms with van der Waals surface area (Å²) in [4.78, 5) is 12.1. The predicted molar refractivity (Wildman–Crippen MR) is 94.3 cm³/mol. The summed E-state index contributed by atoms with van der Waals surface area (Å²) in [5.74, 6) is 0.766. The van der Waals surface area contributed by atoms with E-state index in [0.717, 1.165) is 12.8 Å². The molecule has 2 aromatic rings. The molecule has 1 amide bonds. The maximum atomic E-state index is 12.2. The van der Waals surface area contributed by atoms with Crippen molar-refractivity contribution in [3.8, 4) is 0 Å². The average molecular weight is 360 g/mol. The standard InChI is InChI=1S/C18H20N2O4S/c21-18(12-14-4-1-2-5-14)20-15-7-9-17(10-8-15)25(22,23)19-13-16-6-3-11-24-16/h1,3-4,6-11,14,19H,2,5,12-13H2,(H,20,21)/t14-/m1/s1. The minimum absolute atomic E-state index is 0.0666. The van der Waals surface area contributed by atoms with Gasteiger partial charge in [-0.3, -0.25) is 4.79 Å². The van der Waals surface area contributed by atoms with Crippen LogP contribution in [0.1, 0.15) is 25.0 Å². The lowest BCUT2D eigenvalue weighted by molar-refractivity contribution is -0.116. The Labute approximate surface area is 147 Å². The highest BCUT2D eigenvalue weighted by Gasteiger charge is 2.16. The molecule has 1 aromatic carbocycles. The van der Waals surface area contributed by atoms with E-state index in [0.29, 0.717) is 23.8 Å². The Morgan fingerprint density at radius 2 is 2.00 bits per heavy atom. The second-order valence-corrected chi connectivity index (χ2v) is 7.71. The molecule has 0 aliphatic heterocycles. The maximum Gasteiger partial charge on any atom is 0.240 e. The van der Waals surface area contributed by atoms with Crippen LogP contribution in [0.5, 0.6) is 0 Å². The summed E-state index contributed by atoms with van der Waals surface area (Å²) in [5, 5.41) is 2.80. The lowest BCUT2D eigenvalue weighted by Gasteiger charge is -2.10. The number of nitrogens with one attached hydrogen (secondary N) is 2. The third-order valence-corrected chi connectivity index (χ3v) is 5.44. The van der Waals surface area contributed by atoms with E-state index in [2.05, 4.69) is 22.2 Å². The summed E-state index contributed by atoms with van der Waals surface area (Å²) in [5.41, 5.74) is 0.581. The molecule has 0 radical (unpaired) electrons. The normalized spacial score (nSPS) is 16.9. The number of hydrogen-bond acceptors (Lipinski definition) is 4. The van der Waals surface area contributed by atoms with E-state index in [1.54, 1.807) is 24.3 Å². The van der Waals surface area contributed by atoms with E-state index in [4.69, 9.17) is 4.42 Å². The first-order valence-corrected chi connectivity index (χ1v) is 9.60. The van der Waals surface area contributed by atoms with Crippen LogP contribution in [-0.4, -0.2) is 14.3 Å². The second kappa shape index (κ2) is 7.67. The Kier molecular flexibility index (Phi) is 5.35. The third-order valence-electron chi connectivity index (χ3n) is 4.02. The topological polar surface area (TPSA) is 88.4 Å². The first-order chi connectivity index (χ1) is 12.0. The maximum absolute atomic E-state index is 12.2. The zero-order chi connectivity index (χ0) is 17.7. The fourth-order valence-electron chi connectivity index (χ4n) is 2.70. The Morgan fingerprint density at radius 1 is 1.20 bits per heavy atom. The molecular weight excluding hydrogens is 340 g/mol. The smallest absolute Gasteiger partial charge is 0.240 e. The SMILES string of the molecule is O=C(C[C@@H]1C=CCC1)Nc1ccc(S(=O)(=O)NCc2ccco2)cc1. The van der Waals surface area contributed by atoms with Crippen molar-refractivity contribution in [1.82, 2.24) is 4.72 Å². The van der Waals surface area contributed by atoms with E-state index in [1.807, 2.05) is 0 Å². The van der Waals surface area contributed by atoms with Crippen LogP contribution < -0.4 is 10.0 Å². The summed E-state index contributed by atoms with van der Waals surface area (Å²) in [6.45, 7) is 0.0860. The van der Waals surface area contributed by atoms with Gasteiger partial charge in [-0.25, -0.2) is 13.1 Å². The van der Waals surface area contributed by atoms with Gasteiger partial charge in [0.15, 0.2) is 0 Å².